The van der Waals surface area contributed by atoms with Gasteiger partial charge in [-0.2, -0.15) is 0 Å². The molecule has 5 rings (SSSR count). The van der Waals surface area contributed by atoms with Crippen molar-refractivity contribution in [2.45, 2.75) is 45.4 Å². The molecule has 2 amide bonds. The predicted octanol–water partition coefficient (Wildman–Crippen LogP) is 5.71. The van der Waals surface area contributed by atoms with Crippen molar-refractivity contribution in [1.29, 1.82) is 0 Å². The standard InChI is InChI=1S/C33H39N3O4S/c1-24-7-14-30(35-32(37)27-5-3-2-4-6-27)23-31(24)26-10-12-28(13-11-26)33(38)34-29-15-8-25(9-16-29)17-18-36-19-21-41(39,40)22-20-36/h7-16,23,27H,2-6,17-22H2,1H3,(H,34,38)(H,35,37). The zero-order valence-corrected chi connectivity index (χ0v) is 24.5. The number of benzene rings is 3. The highest BCUT2D eigenvalue weighted by molar-refractivity contribution is 7.91. The van der Waals surface area contributed by atoms with Gasteiger partial charge in [-0.1, -0.05) is 49.6 Å². The van der Waals surface area contributed by atoms with E-state index in [1.807, 2.05) is 73.7 Å². The molecule has 3 aromatic rings. The molecule has 1 aliphatic heterocycles. The Bertz CT molecular complexity index is 1460. The zero-order valence-electron chi connectivity index (χ0n) is 23.7. The number of nitrogens with one attached hydrogen (secondary N) is 2. The highest BCUT2D eigenvalue weighted by Crippen LogP contribution is 2.29. The van der Waals surface area contributed by atoms with E-state index in [0.717, 1.165) is 72.3 Å². The SMILES string of the molecule is Cc1ccc(NC(=O)C2CCCCC2)cc1-c1ccc(C(=O)Nc2ccc(CCN3CCS(=O)(=O)CC3)cc2)cc1. The molecule has 216 valence electrons. The number of anilines is 2. The van der Waals surface area contributed by atoms with E-state index in [-0.39, 0.29) is 29.2 Å². The average Bonchev–Trinajstić information content (AvgIpc) is 2.99. The number of aryl methyl sites for hydroxylation is 1. The molecule has 1 saturated heterocycles. The molecule has 2 aliphatic rings. The van der Waals surface area contributed by atoms with Crippen molar-refractivity contribution in [2.24, 2.45) is 5.92 Å². The van der Waals surface area contributed by atoms with Crippen molar-refractivity contribution in [3.63, 3.8) is 0 Å². The molecule has 0 aromatic heterocycles. The second kappa shape index (κ2) is 13.0. The first-order valence-corrected chi connectivity index (χ1v) is 16.4. The quantitative estimate of drug-likeness (QED) is 0.360. The van der Waals surface area contributed by atoms with Crippen LogP contribution in [0.2, 0.25) is 0 Å². The lowest BCUT2D eigenvalue weighted by atomic mass is 9.88. The van der Waals surface area contributed by atoms with Crippen LogP contribution in [0, 0.1) is 12.8 Å². The maximum Gasteiger partial charge on any atom is 0.255 e. The molecule has 0 bridgehead atoms. The molecule has 1 heterocycles. The van der Waals surface area contributed by atoms with E-state index in [0.29, 0.717) is 18.7 Å². The Morgan fingerprint density at radius 2 is 1.49 bits per heavy atom. The van der Waals surface area contributed by atoms with Gasteiger partial charge >= 0.3 is 0 Å². The summed E-state index contributed by atoms with van der Waals surface area (Å²) in [4.78, 5) is 27.8. The summed E-state index contributed by atoms with van der Waals surface area (Å²) >= 11 is 0. The Morgan fingerprint density at radius 1 is 0.829 bits per heavy atom. The second-order valence-electron chi connectivity index (χ2n) is 11.3. The zero-order chi connectivity index (χ0) is 28.8. The molecule has 3 aromatic carbocycles. The van der Waals surface area contributed by atoms with Crippen molar-refractivity contribution in [3.05, 3.63) is 83.4 Å². The van der Waals surface area contributed by atoms with Gasteiger partial charge in [0.15, 0.2) is 9.84 Å². The average molecular weight is 574 g/mol. The lowest BCUT2D eigenvalue weighted by Crippen LogP contribution is -2.41. The van der Waals surface area contributed by atoms with Gasteiger partial charge in [-0.3, -0.25) is 9.59 Å². The molecule has 41 heavy (non-hydrogen) atoms. The summed E-state index contributed by atoms with van der Waals surface area (Å²) in [5, 5.41) is 6.08. The van der Waals surface area contributed by atoms with Crippen LogP contribution >= 0.6 is 0 Å². The number of nitrogens with zero attached hydrogens (tertiary/aromatic N) is 1. The van der Waals surface area contributed by atoms with Crippen LogP contribution in [0.5, 0.6) is 0 Å². The van der Waals surface area contributed by atoms with E-state index in [2.05, 4.69) is 15.5 Å². The normalized spacial score (nSPS) is 17.6. The van der Waals surface area contributed by atoms with Gasteiger partial charge < -0.3 is 15.5 Å². The summed E-state index contributed by atoms with van der Waals surface area (Å²) < 4.78 is 23.2. The highest BCUT2D eigenvalue weighted by atomic mass is 32.2. The van der Waals surface area contributed by atoms with Crippen molar-refractivity contribution >= 4 is 33.0 Å². The molecule has 1 aliphatic carbocycles. The number of amides is 2. The number of hydrogen-bond donors (Lipinski definition) is 2. The van der Waals surface area contributed by atoms with Crippen LogP contribution in [0.4, 0.5) is 11.4 Å². The summed E-state index contributed by atoms with van der Waals surface area (Å²) in [6.07, 6.45) is 6.23. The van der Waals surface area contributed by atoms with Gasteiger partial charge in [0.25, 0.3) is 5.91 Å². The topological polar surface area (TPSA) is 95.6 Å². The highest BCUT2D eigenvalue weighted by Gasteiger charge is 2.22. The number of carbonyl (C=O) groups is 2. The minimum Gasteiger partial charge on any atom is -0.326 e. The number of hydrogen-bond acceptors (Lipinski definition) is 5. The maximum atomic E-state index is 12.9. The monoisotopic (exact) mass is 573 g/mol. The first kappa shape index (κ1) is 29.0. The van der Waals surface area contributed by atoms with Crippen LogP contribution in [-0.2, 0) is 21.1 Å². The van der Waals surface area contributed by atoms with E-state index in [9.17, 15) is 18.0 Å². The van der Waals surface area contributed by atoms with Crippen LogP contribution in [0.25, 0.3) is 11.1 Å². The molecule has 8 heteroatoms. The minimum absolute atomic E-state index is 0.102. The largest absolute Gasteiger partial charge is 0.326 e. The van der Waals surface area contributed by atoms with Crippen LogP contribution < -0.4 is 10.6 Å². The summed E-state index contributed by atoms with van der Waals surface area (Å²) in [5.74, 6) is 0.515. The molecule has 0 radical (unpaired) electrons. The van der Waals surface area contributed by atoms with Gasteiger partial charge in [-0.15, -0.1) is 0 Å². The minimum atomic E-state index is -2.86. The molecular weight excluding hydrogens is 534 g/mol. The molecule has 0 unspecified atom stereocenters. The Morgan fingerprint density at radius 3 is 2.17 bits per heavy atom. The molecule has 0 atom stereocenters. The van der Waals surface area contributed by atoms with Crippen molar-refractivity contribution in [1.82, 2.24) is 4.90 Å². The smallest absolute Gasteiger partial charge is 0.255 e. The molecule has 2 fully saturated rings. The van der Waals surface area contributed by atoms with Gasteiger partial charge in [-0.05, 0) is 84.8 Å². The fraction of sp³-hybridized carbons (Fsp3) is 0.394. The number of carbonyl (C=O) groups excluding carboxylic acids is 2. The van der Waals surface area contributed by atoms with Crippen LogP contribution in [0.3, 0.4) is 0 Å². The van der Waals surface area contributed by atoms with Gasteiger partial charge in [0.1, 0.15) is 0 Å². The van der Waals surface area contributed by atoms with Gasteiger partial charge in [0.2, 0.25) is 5.91 Å². The Balaban J connectivity index is 1.16. The predicted molar refractivity (Wildman–Crippen MR) is 165 cm³/mol. The summed E-state index contributed by atoms with van der Waals surface area (Å²) in [7, 11) is -2.86. The number of rotatable bonds is 8. The Labute approximate surface area is 243 Å². The first-order valence-electron chi connectivity index (χ1n) is 14.6. The molecule has 7 nitrogen and oxygen atoms in total. The third kappa shape index (κ3) is 7.83. The summed E-state index contributed by atoms with van der Waals surface area (Å²) in [6.45, 7) is 4.06. The van der Waals surface area contributed by atoms with Crippen LogP contribution in [0.1, 0.15) is 53.6 Å². The van der Waals surface area contributed by atoms with Gasteiger partial charge in [0, 0.05) is 42.5 Å². The maximum absolute atomic E-state index is 12.9. The Kier molecular flexibility index (Phi) is 9.20. The van der Waals surface area contributed by atoms with Crippen LogP contribution in [0.15, 0.2) is 66.7 Å². The third-order valence-corrected chi connectivity index (χ3v) is 9.91. The van der Waals surface area contributed by atoms with Crippen LogP contribution in [-0.4, -0.2) is 56.3 Å². The van der Waals surface area contributed by atoms with Crippen molar-refractivity contribution < 1.29 is 18.0 Å². The van der Waals surface area contributed by atoms with Gasteiger partial charge in [-0.25, -0.2) is 8.42 Å². The second-order valence-corrected chi connectivity index (χ2v) is 13.6. The van der Waals surface area contributed by atoms with Crippen molar-refractivity contribution in [3.8, 4) is 11.1 Å². The molecule has 0 spiro atoms. The first-order chi connectivity index (χ1) is 19.8. The Hall–Kier alpha value is -3.49. The van der Waals surface area contributed by atoms with E-state index >= 15 is 0 Å². The van der Waals surface area contributed by atoms with E-state index in [1.54, 1.807) is 0 Å². The van der Waals surface area contributed by atoms with Gasteiger partial charge in [0.05, 0.1) is 11.5 Å². The van der Waals surface area contributed by atoms with E-state index < -0.39 is 9.84 Å². The fourth-order valence-corrected chi connectivity index (χ4v) is 6.92. The van der Waals surface area contributed by atoms with Crippen molar-refractivity contribution in [2.75, 3.05) is 41.8 Å². The summed E-state index contributed by atoms with van der Waals surface area (Å²) in [6, 6.07) is 21.3. The molecular formula is C33H39N3O4S. The summed E-state index contributed by atoms with van der Waals surface area (Å²) in [5.41, 5.74) is 6.36. The molecule has 1 saturated carbocycles. The molecule has 2 N–H and O–H groups in total. The van der Waals surface area contributed by atoms with E-state index in [1.165, 1.54) is 6.42 Å². The fourth-order valence-electron chi connectivity index (χ4n) is 5.64. The lowest BCUT2D eigenvalue weighted by molar-refractivity contribution is -0.120. The third-order valence-electron chi connectivity index (χ3n) is 8.30. The number of sulfone groups is 1. The lowest BCUT2D eigenvalue weighted by Gasteiger charge is -2.26. The van der Waals surface area contributed by atoms with E-state index in [4.69, 9.17) is 0 Å².